The highest BCUT2D eigenvalue weighted by Gasteiger charge is 2.18. The Morgan fingerprint density at radius 1 is 1.26 bits per heavy atom. The van der Waals surface area contributed by atoms with Gasteiger partial charge in [0.1, 0.15) is 24.5 Å². The lowest BCUT2D eigenvalue weighted by molar-refractivity contribution is -0.141. The molecule has 1 aliphatic rings. The number of ether oxygens (including phenoxy) is 1. The van der Waals surface area contributed by atoms with Gasteiger partial charge in [0, 0.05) is 13.1 Å². The van der Waals surface area contributed by atoms with E-state index in [9.17, 15) is 4.79 Å². The molecule has 1 N–H and O–H groups in total. The van der Waals surface area contributed by atoms with Crippen LogP contribution in [-0.4, -0.2) is 37.1 Å². The zero-order valence-electron chi connectivity index (χ0n) is 11.1. The Labute approximate surface area is 113 Å². The normalized spacial score (nSPS) is 13.9. The molecule has 1 aliphatic heterocycles. The van der Waals surface area contributed by atoms with Gasteiger partial charge in [-0.3, -0.25) is 4.79 Å². The monoisotopic (exact) mass is 262 g/mol. The molecule has 0 atom stereocenters. The third-order valence-corrected chi connectivity index (χ3v) is 2.84. The number of hydrogen-bond donors (Lipinski definition) is 1. The molecule has 0 saturated carbocycles. The zero-order valence-corrected chi connectivity index (χ0v) is 11.1. The average Bonchev–Trinajstić information content (AvgIpc) is 2.44. The first kappa shape index (κ1) is 14.8. The fourth-order valence-electron chi connectivity index (χ4n) is 1.97. The number of hydrogen-bond acceptors (Lipinski definition) is 6. The van der Waals surface area contributed by atoms with Crippen LogP contribution in [0.3, 0.4) is 0 Å². The van der Waals surface area contributed by atoms with E-state index >= 15 is 0 Å². The van der Waals surface area contributed by atoms with E-state index in [0.29, 0.717) is 12.4 Å². The van der Waals surface area contributed by atoms with Crippen molar-refractivity contribution in [1.29, 1.82) is 10.5 Å². The van der Waals surface area contributed by atoms with Crippen molar-refractivity contribution < 1.29 is 9.53 Å². The van der Waals surface area contributed by atoms with E-state index in [1.807, 2.05) is 17.0 Å². The summed E-state index contributed by atoms with van der Waals surface area (Å²) in [5.41, 5.74) is 0.00574. The fraction of sp³-hybridized carbons (Fsp3) is 0.615. The topological polar surface area (TPSA) is 89.1 Å². The van der Waals surface area contributed by atoms with Crippen LogP contribution in [0.5, 0.6) is 0 Å². The van der Waals surface area contributed by atoms with Crippen molar-refractivity contribution in [3.8, 4) is 12.1 Å². The molecule has 6 nitrogen and oxygen atoms in total. The van der Waals surface area contributed by atoms with Gasteiger partial charge in [-0.25, -0.2) is 0 Å². The van der Waals surface area contributed by atoms with Crippen LogP contribution in [-0.2, 0) is 9.53 Å². The second kappa shape index (κ2) is 7.99. The van der Waals surface area contributed by atoms with Crippen molar-refractivity contribution >= 4 is 5.97 Å². The second-order valence-corrected chi connectivity index (χ2v) is 4.15. The molecular weight excluding hydrogens is 244 g/mol. The Kier molecular flexibility index (Phi) is 6.25. The Hall–Kier alpha value is -2.21. The molecule has 0 aromatic carbocycles. The summed E-state index contributed by atoms with van der Waals surface area (Å²) < 4.78 is 4.82. The van der Waals surface area contributed by atoms with E-state index < -0.39 is 5.97 Å². The molecule has 102 valence electrons. The van der Waals surface area contributed by atoms with E-state index in [-0.39, 0.29) is 12.1 Å². The fourth-order valence-corrected chi connectivity index (χ4v) is 1.97. The van der Waals surface area contributed by atoms with Crippen LogP contribution >= 0.6 is 0 Å². The number of rotatable bonds is 5. The van der Waals surface area contributed by atoms with Gasteiger partial charge < -0.3 is 15.0 Å². The number of nitriles is 2. The maximum absolute atomic E-state index is 11.3. The summed E-state index contributed by atoms with van der Waals surface area (Å²) in [4.78, 5) is 13.3. The molecule has 0 aromatic heterocycles. The maximum atomic E-state index is 11.3. The number of piperidine rings is 1. The lowest BCUT2D eigenvalue weighted by atomic mass is 10.1. The van der Waals surface area contributed by atoms with Crippen molar-refractivity contribution in [2.24, 2.45) is 0 Å². The third kappa shape index (κ3) is 4.51. The standard InChI is InChI=1S/C13H18N4O2/c1-2-19-12(18)10-16-13(11(8-14)9-15)17-6-4-3-5-7-17/h16H,2-7,10H2,1H3. The Morgan fingerprint density at radius 2 is 1.89 bits per heavy atom. The van der Waals surface area contributed by atoms with Crippen molar-refractivity contribution in [3.05, 3.63) is 11.4 Å². The molecule has 1 rings (SSSR count). The molecule has 0 spiro atoms. The molecule has 1 heterocycles. The molecule has 1 saturated heterocycles. The minimum atomic E-state index is -0.396. The van der Waals surface area contributed by atoms with E-state index in [1.165, 1.54) is 0 Å². The van der Waals surface area contributed by atoms with E-state index in [0.717, 1.165) is 32.4 Å². The van der Waals surface area contributed by atoms with Gasteiger partial charge in [0.15, 0.2) is 5.57 Å². The van der Waals surface area contributed by atoms with Crippen LogP contribution in [0.4, 0.5) is 0 Å². The smallest absolute Gasteiger partial charge is 0.325 e. The van der Waals surface area contributed by atoms with Crippen LogP contribution in [0, 0.1) is 22.7 Å². The van der Waals surface area contributed by atoms with E-state index in [4.69, 9.17) is 15.3 Å². The number of carbonyl (C=O) groups is 1. The predicted molar refractivity (Wildman–Crippen MR) is 68.3 cm³/mol. The molecule has 1 fully saturated rings. The third-order valence-electron chi connectivity index (χ3n) is 2.84. The molecular formula is C13H18N4O2. The zero-order chi connectivity index (χ0) is 14.1. The summed E-state index contributed by atoms with van der Waals surface area (Å²) in [6, 6.07) is 3.73. The van der Waals surface area contributed by atoms with E-state index in [2.05, 4.69) is 5.32 Å². The van der Waals surface area contributed by atoms with Gasteiger partial charge >= 0.3 is 5.97 Å². The van der Waals surface area contributed by atoms with Crippen molar-refractivity contribution in [2.45, 2.75) is 26.2 Å². The summed E-state index contributed by atoms with van der Waals surface area (Å²) in [5.74, 6) is 0.0463. The van der Waals surface area contributed by atoms with Gasteiger partial charge in [-0.05, 0) is 26.2 Å². The summed E-state index contributed by atoms with van der Waals surface area (Å²) in [7, 11) is 0. The lowest BCUT2D eigenvalue weighted by Crippen LogP contribution is -2.39. The number of nitrogens with zero attached hydrogens (tertiary/aromatic N) is 3. The highest BCUT2D eigenvalue weighted by atomic mass is 16.5. The van der Waals surface area contributed by atoms with Gasteiger partial charge in [0.2, 0.25) is 0 Å². The molecule has 0 radical (unpaired) electrons. The van der Waals surface area contributed by atoms with Gasteiger partial charge in [-0.15, -0.1) is 0 Å². The Balaban J connectivity index is 2.76. The van der Waals surface area contributed by atoms with Crippen LogP contribution in [0.25, 0.3) is 0 Å². The molecule has 0 aromatic rings. The van der Waals surface area contributed by atoms with Gasteiger partial charge in [-0.2, -0.15) is 10.5 Å². The van der Waals surface area contributed by atoms with Crippen molar-refractivity contribution in [3.63, 3.8) is 0 Å². The minimum Gasteiger partial charge on any atom is -0.465 e. The SMILES string of the molecule is CCOC(=O)CNC(=C(C#N)C#N)N1CCCCC1. The first-order valence-corrected chi connectivity index (χ1v) is 6.41. The predicted octanol–water partition coefficient (Wildman–Crippen LogP) is 0.884. The summed E-state index contributed by atoms with van der Waals surface area (Å²) >= 11 is 0. The first-order valence-electron chi connectivity index (χ1n) is 6.41. The van der Waals surface area contributed by atoms with Crippen LogP contribution in [0.1, 0.15) is 26.2 Å². The second-order valence-electron chi connectivity index (χ2n) is 4.15. The molecule has 6 heteroatoms. The minimum absolute atomic E-state index is 0.00574. The average molecular weight is 262 g/mol. The van der Waals surface area contributed by atoms with Crippen LogP contribution in [0.2, 0.25) is 0 Å². The summed E-state index contributed by atoms with van der Waals surface area (Å²) in [6.45, 7) is 3.59. The molecule has 0 aliphatic carbocycles. The van der Waals surface area contributed by atoms with Gasteiger partial charge in [-0.1, -0.05) is 0 Å². The molecule has 0 bridgehead atoms. The number of allylic oxidation sites excluding steroid dienone is 1. The first-order chi connectivity index (χ1) is 9.22. The van der Waals surface area contributed by atoms with Crippen LogP contribution in [0.15, 0.2) is 11.4 Å². The number of carbonyl (C=O) groups excluding carboxylic acids is 1. The Morgan fingerprint density at radius 3 is 2.42 bits per heavy atom. The van der Waals surface area contributed by atoms with Crippen molar-refractivity contribution in [1.82, 2.24) is 10.2 Å². The largest absolute Gasteiger partial charge is 0.465 e. The lowest BCUT2D eigenvalue weighted by Gasteiger charge is -2.31. The highest BCUT2D eigenvalue weighted by Crippen LogP contribution is 2.15. The summed E-state index contributed by atoms with van der Waals surface area (Å²) in [5, 5.41) is 20.8. The number of likely N-dealkylation sites (tertiary alicyclic amines) is 1. The molecule has 0 amide bonds. The van der Waals surface area contributed by atoms with Crippen LogP contribution < -0.4 is 5.32 Å². The van der Waals surface area contributed by atoms with Crippen molar-refractivity contribution in [2.75, 3.05) is 26.2 Å². The molecule has 0 unspecified atom stereocenters. The van der Waals surface area contributed by atoms with E-state index in [1.54, 1.807) is 6.92 Å². The van der Waals surface area contributed by atoms with Gasteiger partial charge in [0.05, 0.1) is 6.61 Å². The number of nitrogens with one attached hydrogen (secondary N) is 1. The highest BCUT2D eigenvalue weighted by molar-refractivity contribution is 5.72. The number of esters is 1. The summed E-state index contributed by atoms with van der Waals surface area (Å²) in [6.07, 6.45) is 3.19. The van der Waals surface area contributed by atoms with Gasteiger partial charge in [0.25, 0.3) is 0 Å². The Bertz CT molecular complexity index is 409. The molecule has 19 heavy (non-hydrogen) atoms. The maximum Gasteiger partial charge on any atom is 0.325 e. The quantitative estimate of drug-likeness (QED) is 0.584.